The van der Waals surface area contributed by atoms with Crippen molar-refractivity contribution in [2.45, 2.75) is 102 Å². The van der Waals surface area contributed by atoms with Gasteiger partial charge in [0, 0.05) is 23.3 Å². The maximum Gasteiger partial charge on any atom is 0.178 e. The van der Waals surface area contributed by atoms with E-state index in [1.807, 2.05) is 24.3 Å². The van der Waals surface area contributed by atoms with Crippen LogP contribution in [0.15, 0.2) is 53.2 Å². The molecular formula is C34H42N2O5S. The number of carbonyl (C=O) groups is 2. The number of thioether (sulfide) groups is 1. The van der Waals surface area contributed by atoms with Gasteiger partial charge in [-0.15, -0.1) is 0 Å². The van der Waals surface area contributed by atoms with Crippen LogP contribution in [-0.2, 0) is 25.6 Å². The zero-order chi connectivity index (χ0) is 29.4. The second-order valence-electron chi connectivity index (χ2n) is 13.5. The van der Waals surface area contributed by atoms with Crippen molar-refractivity contribution in [3.8, 4) is 0 Å². The van der Waals surface area contributed by atoms with Crippen molar-refractivity contribution in [3.63, 3.8) is 0 Å². The standard InChI is InChI=1S/C34H42N2O5S/c1-5-9-29-40-28-17-23-22-13-12-20-16-21(37)14-15-32(20,3)30(22)26(38)18-33(23,4)34(28,41-29)27(39)19-42-31-35-24-10-7-8-11-25(24)36(31)6-2/h7-8,10-11,14-16,22-23,26,28-30,38H,5-6,9,12-13,17-19H2,1-4H3/t22?,23?,26?,28-,29-,30?,32?,33?,34-/m1/s1. The Morgan fingerprint density at radius 3 is 2.83 bits per heavy atom. The Morgan fingerprint density at radius 2 is 2.05 bits per heavy atom. The number of para-hydroxylation sites is 2. The quantitative estimate of drug-likeness (QED) is 0.403. The van der Waals surface area contributed by atoms with Gasteiger partial charge in [0.25, 0.3) is 0 Å². The number of imidazole rings is 1. The third-order valence-electron chi connectivity index (χ3n) is 11.5. The van der Waals surface area contributed by atoms with Crippen molar-refractivity contribution in [2.24, 2.45) is 28.6 Å². The molecule has 1 aromatic heterocycles. The van der Waals surface area contributed by atoms with Crippen molar-refractivity contribution in [1.29, 1.82) is 0 Å². The van der Waals surface area contributed by atoms with Gasteiger partial charge in [-0.05, 0) is 75.1 Å². The molecule has 7 nitrogen and oxygen atoms in total. The number of ether oxygens (including phenoxy) is 2. The number of hydrogen-bond acceptors (Lipinski definition) is 7. The van der Waals surface area contributed by atoms with Crippen LogP contribution >= 0.6 is 11.8 Å². The molecule has 224 valence electrons. The summed E-state index contributed by atoms with van der Waals surface area (Å²) >= 11 is 1.48. The molecule has 2 heterocycles. The number of rotatable bonds is 7. The second-order valence-corrected chi connectivity index (χ2v) is 14.4. The number of aryl methyl sites for hydroxylation is 1. The molecule has 0 amide bonds. The average Bonchev–Trinajstić information content (AvgIpc) is 3.59. The fourth-order valence-electron chi connectivity index (χ4n) is 9.71. The number of hydrogen-bond donors (Lipinski definition) is 1. The number of Topliss-reactive ketones (excluding diaryl/α,β-unsaturated/α-hetero) is 1. The summed E-state index contributed by atoms with van der Waals surface area (Å²) in [6.07, 6.45) is 8.75. The lowest BCUT2D eigenvalue weighted by molar-refractivity contribution is -0.197. The van der Waals surface area contributed by atoms with Crippen LogP contribution in [0.2, 0.25) is 0 Å². The largest absolute Gasteiger partial charge is 0.393 e. The first-order valence-electron chi connectivity index (χ1n) is 15.7. The Balaban J connectivity index is 1.23. The molecule has 0 radical (unpaired) electrons. The lowest BCUT2D eigenvalue weighted by Gasteiger charge is -2.59. The Morgan fingerprint density at radius 1 is 1.24 bits per heavy atom. The number of aromatic nitrogens is 2. The Kier molecular flexibility index (Phi) is 6.89. The molecule has 5 aliphatic rings. The Hall–Kier alpha value is -2.26. The number of aliphatic hydroxyl groups is 1. The fourth-order valence-corrected chi connectivity index (χ4v) is 10.7. The highest BCUT2D eigenvalue weighted by atomic mass is 32.2. The molecule has 1 saturated heterocycles. The number of allylic oxidation sites excluding steroid dienone is 4. The zero-order valence-electron chi connectivity index (χ0n) is 25.0. The van der Waals surface area contributed by atoms with E-state index in [4.69, 9.17) is 14.5 Å². The molecule has 3 saturated carbocycles. The number of benzene rings is 1. The molecular weight excluding hydrogens is 548 g/mol. The SMILES string of the molecule is CCC[C@@H]1O[C@@H]2CC3C4CCC5=CC(=O)C=CC5(C)C4C(O)CC3(C)[C@]2(C(=O)CSc2nc3ccccc3n2CC)O1. The molecule has 6 unspecified atom stereocenters. The molecule has 42 heavy (non-hydrogen) atoms. The Labute approximate surface area is 252 Å². The van der Waals surface area contributed by atoms with Gasteiger partial charge in [0.1, 0.15) is 0 Å². The summed E-state index contributed by atoms with van der Waals surface area (Å²) in [7, 11) is 0. The van der Waals surface area contributed by atoms with Gasteiger partial charge < -0.3 is 19.1 Å². The summed E-state index contributed by atoms with van der Waals surface area (Å²) in [6, 6.07) is 8.09. The van der Waals surface area contributed by atoms with Crippen molar-refractivity contribution < 1.29 is 24.2 Å². The van der Waals surface area contributed by atoms with Gasteiger partial charge in [-0.1, -0.05) is 62.7 Å². The van der Waals surface area contributed by atoms with Gasteiger partial charge in [0.05, 0.1) is 29.0 Å². The monoisotopic (exact) mass is 590 g/mol. The van der Waals surface area contributed by atoms with Gasteiger partial charge in [-0.25, -0.2) is 4.98 Å². The summed E-state index contributed by atoms with van der Waals surface area (Å²) < 4.78 is 15.6. The molecule has 9 atom stereocenters. The smallest absolute Gasteiger partial charge is 0.178 e. The number of ketones is 2. The summed E-state index contributed by atoms with van der Waals surface area (Å²) in [5, 5.41) is 12.8. The third-order valence-corrected chi connectivity index (χ3v) is 12.5. The molecule has 4 fully saturated rings. The lowest BCUT2D eigenvalue weighted by atomic mass is 9.46. The van der Waals surface area contributed by atoms with E-state index in [0.717, 1.165) is 60.4 Å². The summed E-state index contributed by atoms with van der Waals surface area (Å²) in [5.41, 5.74) is 1.12. The van der Waals surface area contributed by atoms with E-state index in [1.165, 1.54) is 11.8 Å². The van der Waals surface area contributed by atoms with E-state index in [9.17, 15) is 14.7 Å². The Bertz CT molecular complexity index is 1500. The van der Waals surface area contributed by atoms with Crippen molar-refractivity contribution in [3.05, 3.63) is 48.1 Å². The normalized spacial score (nSPS) is 40.4. The maximum atomic E-state index is 14.6. The van der Waals surface area contributed by atoms with Gasteiger partial charge in [0.2, 0.25) is 0 Å². The first kappa shape index (κ1) is 28.5. The molecule has 0 spiro atoms. The minimum absolute atomic E-state index is 0.00354. The van der Waals surface area contributed by atoms with Gasteiger partial charge in [-0.2, -0.15) is 0 Å². The number of carbonyl (C=O) groups excluding carboxylic acids is 2. The van der Waals surface area contributed by atoms with Crippen LogP contribution in [0, 0.1) is 28.6 Å². The molecule has 7 rings (SSSR count). The van der Waals surface area contributed by atoms with E-state index in [2.05, 4.69) is 38.3 Å². The van der Waals surface area contributed by atoms with Gasteiger partial charge in [-0.3, -0.25) is 9.59 Å². The number of fused-ring (bicyclic) bond motifs is 8. The van der Waals surface area contributed by atoms with Crippen LogP contribution < -0.4 is 0 Å². The first-order chi connectivity index (χ1) is 20.2. The molecule has 2 aromatic rings. The summed E-state index contributed by atoms with van der Waals surface area (Å²) in [5.74, 6) is 0.710. The third kappa shape index (κ3) is 3.87. The predicted octanol–water partition coefficient (Wildman–Crippen LogP) is 5.89. The topological polar surface area (TPSA) is 90.7 Å². The highest BCUT2D eigenvalue weighted by molar-refractivity contribution is 7.99. The van der Waals surface area contributed by atoms with Crippen LogP contribution in [0.3, 0.4) is 0 Å². The zero-order valence-corrected chi connectivity index (χ0v) is 25.9. The van der Waals surface area contributed by atoms with Gasteiger partial charge in [0.15, 0.2) is 28.6 Å². The van der Waals surface area contributed by atoms with Crippen LogP contribution in [0.1, 0.15) is 66.2 Å². The van der Waals surface area contributed by atoms with Crippen molar-refractivity contribution >= 4 is 34.4 Å². The van der Waals surface area contributed by atoms with E-state index >= 15 is 0 Å². The average molecular weight is 591 g/mol. The fraction of sp³-hybridized carbons (Fsp3) is 0.618. The van der Waals surface area contributed by atoms with E-state index in [0.29, 0.717) is 6.42 Å². The number of nitrogens with zero attached hydrogens (tertiary/aromatic N) is 2. The molecule has 4 aliphatic carbocycles. The highest BCUT2D eigenvalue weighted by Gasteiger charge is 2.75. The maximum absolute atomic E-state index is 14.6. The van der Waals surface area contributed by atoms with Crippen LogP contribution in [0.25, 0.3) is 11.0 Å². The molecule has 1 aromatic carbocycles. The first-order valence-corrected chi connectivity index (χ1v) is 16.7. The van der Waals surface area contributed by atoms with Crippen molar-refractivity contribution in [1.82, 2.24) is 9.55 Å². The van der Waals surface area contributed by atoms with E-state index in [-0.39, 0.29) is 46.6 Å². The van der Waals surface area contributed by atoms with Crippen LogP contribution in [0.5, 0.6) is 0 Å². The van der Waals surface area contributed by atoms with Gasteiger partial charge >= 0.3 is 0 Å². The van der Waals surface area contributed by atoms with E-state index in [1.54, 1.807) is 12.2 Å². The molecule has 0 bridgehead atoms. The molecule has 1 aliphatic heterocycles. The molecule has 1 N–H and O–H groups in total. The van der Waals surface area contributed by atoms with Crippen LogP contribution in [-0.4, -0.2) is 56.1 Å². The highest BCUT2D eigenvalue weighted by Crippen LogP contribution is 2.69. The van der Waals surface area contributed by atoms with E-state index < -0.39 is 23.4 Å². The van der Waals surface area contributed by atoms with Crippen LogP contribution in [0.4, 0.5) is 0 Å². The minimum atomic E-state index is -1.10. The van der Waals surface area contributed by atoms with Crippen molar-refractivity contribution in [2.75, 3.05) is 5.75 Å². The number of aliphatic hydroxyl groups excluding tert-OH is 1. The summed E-state index contributed by atoms with van der Waals surface area (Å²) in [6.45, 7) is 9.35. The summed E-state index contributed by atoms with van der Waals surface area (Å²) in [4.78, 5) is 31.7. The lowest BCUT2D eigenvalue weighted by Crippen LogP contribution is -2.63. The minimum Gasteiger partial charge on any atom is -0.393 e. The second kappa shape index (κ2) is 10.1. The molecule has 8 heteroatoms. The predicted molar refractivity (Wildman–Crippen MR) is 162 cm³/mol.